The van der Waals surface area contributed by atoms with Gasteiger partial charge in [-0.25, -0.2) is 4.39 Å². The van der Waals surface area contributed by atoms with Crippen molar-refractivity contribution in [1.29, 1.82) is 0 Å². The second-order valence-electron chi connectivity index (χ2n) is 6.24. The molecule has 0 saturated carbocycles. The molecule has 0 fully saturated rings. The Morgan fingerprint density at radius 1 is 1.10 bits per heavy atom. The lowest BCUT2D eigenvalue weighted by molar-refractivity contribution is 0.0819. The van der Waals surface area contributed by atoms with Gasteiger partial charge in [-0.3, -0.25) is 4.79 Å². The predicted molar refractivity (Wildman–Crippen MR) is 110 cm³/mol. The van der Waals surface area contributed by atoms with Crippen LogP contribution in [0.5, 0.6) is 11.5 Å². The molecular weight excluding hydrogens is 436 g/mol. The van der Waals surface area contributed by atoms with Crippen molar-refractivity contribution >= 4 is 29.1 Å². The quantitative estimate of drug-likeness (QED) is 0.499. The monoisotopic (exact) mass is 453 g/mol. The number of benzene rings is 2. The minimum Gasteiger partial charge on any atom is -0.489 e. The molecule has 2 N–H and O–H groups in total. The lowest BCUT2D eigenvalue weighted by Gasteiger charge is -2.14. The number of nitrogens with one attached hydrogen (secondary N) is 1. The third-order valence-corrected chi connectivity index (χ3v) is 4.73. The Hall–Kier alpha value is -2.74. The first kappa shape index (κ1) is 22.0. The third kappa shape index (κ3) is 6.13. The average Bonchev–Trinajstić information content (AvgIpc) is 3.22. The van der Waals surface area contributed by atoms with Crippen LogP contribution in [0.1, 0.15) is 16.3 Å². The molecule has 1 atom stereocenters. The zero-order chi connectivity index (χ0) is 21.5. The number of amides is 1. The highest BCUT2D eigenvalue weighted by molar-refractivity contribution is 6.42. The van der Waals surface area contributed by atoms with Gasteiger partial charge >= 0.3 is 0 Å². The van der Waals surface area contributed by atoms with Crippen LogP contribution in [-0.2, 0) is 6.61 Å². The van der Waals surface area contributed by atoms with E-state index < -0.39 is 12.0 Å². The van der Waals surface area contributed by atoms with Crippen molar-refractivity contribution in [3.63, 3.8) is 0 Å². The Labute approximate surface area is 182 Å². The molecule has 2 aromatic carbocycles. The largest absolute Gasteiger partial charge is 0.489 e. The van der Waals surface area contributed by atoms with Crippen molar-refractivity contribution in [2.24, 2.45) is 0 Å². The normalized spacial score (nSPS) is 11.7. The Morgan fingerprint density at radius 3 is 2.63 bits per heavy atom. The molecule has 1 unspecified atom stereocenters. The average molecular weight is 454 g/mol. The number of hydrogen-bond acceptors (Lipinski definition) is 5. The minimum absolute atomic E-state index is 0.0564. The van der Waals surface area contributed by atoms with Gasteiger partial charge in [0.05, 0.1) is 5.02 Å². The molecule has 0 bridgehead atoms. The van der Waals surface area contributed by atoms with E-state index in [0.29, 0.717) is 22.3 Å². The number of ether oxygens (including phenoxy) is 2. The summed E-state index contributed by atoms with van der Waals surface area (Å²) in [6, 6.07) is 13.6. The summed E-state index contributed by atoms with van der Waals surface area (Å²) in [5.74, 6) is 0.446. The highest BCUT2D eigenvalue weighted by Gasteiger charge is 2.15. The van der Waals surface area contributed by atoms with E-state index in [2.05, 4.69) is 5.32 Å². The molecule has 1 heterocycles. The SMILES string of the molecule is O=C(NCC(O)COc1cccc(Cl)c1Cl)c1ccc(COc2ccc(F)cc2)o1. The summed E-state index contributed by atoms with van der Waals surface area (Å²) in [5.41, 5.74) is 0. The molecule has 158 valence electrons. The van der Waals surface area contributed by atoms with Gasteiger partial charge in [-0.15, -0.1) is 0 Å². The zero-order valence-electron chi connectivity index (χ0n) is 15.6. The van der Waals surface area contributed by atoms with E-state index in [9.17, 15) is 14.3 Å². The number of carbonyl (C=O) groups is 1. The van der Waals surface area contributed by atoms with E-state index in [-0.39, 0.29) is 36.4 Å². The first-order valence-corrected chi connectivity index (χ1v) is 9.68. The van der Waals surface area contributed by atoms with Gasteiger partial charge in [0.2, 0.25) is 0 Å². The van der Waals surface area contributed by atoms with Crippen LogP contribution in [0.3, 0.4) is 0 Å². The van der Waals surface area contributed by atoms with Gasteiger partial charge in [0, 0.05) is 6.54 Å². The van der Waals surface area contributed by atoms with E-state index in [1.54, 1.807) is 24.3 Å². The first-order valence-electron chi connectivity index (χ1n) is 8.92. The van der Waals surface area contributed by atoms with Gasteiger partial charge in [-0.1, -0.05) is 29.3 Å². The van der Waals surface area contributed by atoms with Gasteiger partial charge in [0.25, 0.3) is 5.91 Å². The zero-order valence-corrected chi connectivity index (χ0v) is 17.1. The molecule has 3 rings (SSSR count). The number of aliphatic hydroxyl groups is 1. The van der Waals surface area contributed by atoms with Gasteiger partial charge in [0.15, 0.2) is 5.76 Å². The smallest absolute Gasteiger partial charge is 0.287 e. The first-order chi connectivity index (χ1) is 14.4. The van der Waals surface area contributed by atoms with Crippen LogP contribution >= 0.6 is 23.2 Å². The molecule has 0 radical (unpaired) electrons. The lowest BCUT2D eigenvalue weighted by Crippen LogP contribution is -2.35. The van der Waals surface area contributed by atoms with Crippen molar-refractivity contribution in [2.75, 3.05) is 13.2 Å². The van der Waals surface area contributed by atoms with Crippen LogP contribution in [0.25, 0.3) is 0 Å². The van der Waals surface area contributed by atoms with Crippen LogP contribution in [0.2, 0.25) is 10.0 Å². The van der Waals surface area contributed by atoms with Gasteiger partial charge in [-0.05, 0) is 48.5 Å². The highest BCUT2D eigenvalue weighted by atomic mass is 35.5. The Balaban J connectivity index is 1.43. The van der Waals surface area contributed by atoms with Gasteiger partial charge in [0.1, 0.15) is 47.4 Å². The maximum Gasteiger partial charge on any atom is 0.287 e. The Morgan fingerprint density at radius 2 is 1.87 bits per heavy atom. The fourth-order valence-corrected chi connectivity index (χ4v) is 2.75. The lowest BCUT2D eigenvalue weighted by atomic mass is 10.3. The summed E-state index contributed by atoms with van der Waals surface area (Å²) in [4.78, 5) is 12.2. The number of aliphatic hydroxyl groups excluding tert-OH is 1. The molecule has 0 aliphatic rings. The number of carbonyl (C=O) groups excluding carboxylic acids is 1. The van der Waals surface area contributed by atoms with Crippen molar-refractivity contribution in [2.45, 2.75) is 12.7 Å². The van der Waals surface area contributed by atoms with Gasteiger partial charge < -0.3 is 24.3 Å². The topological polar surface area (TPSA) is 80.9 Å². The fraction of sp³-hybridized carbons (Fsp3) is 0.190. The molecule has 1 amide bonds. The predicted octanol–water partition coefficient (Wildman–Crippen LogP) is 4.47. The number of hydrogen-bond donors (Lipinski definition) is 2. The third-order valence-electron chi connectivity index (χ3n) is 3.93. The van der Waals surface area contributed by atoms with Crippen LogP contribution in [0.4, 0.5) is 4.39 Å². The molecular formula is C21H18Cl2FNO5. The van der Waals surface area contributed by atoms with Crippen LogP contribution in [0, 0.1) is 5.82 Å². The summed E-state index contributed by atoms with van der Waals surface area (Å²) < 4.78 is 29.2. The van der Waals surface area contributed by atoms with E-state index in [1.807, 2.05) is 0 Å². The summed E-state index contributed by atoms with van der Waals surface area (Å²) in [5, 5.41) is 13.2. The van der Waals surface area contributed by atoms with E-state index in [1.165, 1.54) is 30.3 Å². The second kappa shape index (κ2) is 10.3. The van der Waals surface area contributed by atoms with E-state index >= 15 is 0 Å². The molecule has 3 aromatic rings. The summed E-state index contributed by atoms with van der Waals surface area (Å²) in [6.45, 7) is -0.0653. The van der Waals surface area contributed by atoms with Crippen molar-refractivity contribution in [3.8, 4) is 11.5 Å². The number of rotatable bonds is 9. The van der Waals surface area contributed by atoms with E-state index in [0.717, 1.165) is 0 Å². The summed E-state index contributed by atoms with van der Waals surface area (Å²) in [7, 11) is 0. The number of furan rings is 1. The van der Waals surface area contributed by atoms with Crippen LogP contribution in [-0.4, -0.2) is 30.3 Å². The van der Waals surface area contributed by atoms with Gasteiger partial charge in [-0.2, -0.15) is 0 Å². The van der Waals surface area contributed by atoms with E-state index in [4.69, 9.17) is 37.1 Å². The summed E-state index contributed by atoms with van der Waals surface area (Å²) >= 11 is 11.9. The minimum atomic E-state index is -0.972. The standard InChI is InChI=1S/C21H18Cl2FNO5/c22-17-2-1-3-18(20(17)23)29-11-14(26)10-25-21(27)19-9-8-16(30-19)12-28-15-6-4-13(24)5-7-15/h1-9,14,26H,10-12H2,(H,25,27). The molecule has 9 heteroatoms. The molecule has 30 heavy (non-hydrogen) atoms. The molecule has 0 aliphatic heterocycles. The maximum absolute atomic E-state index is 12.9. The van der Waals surface area contributed by atoms with Crippen molar-refractivity contribution < 1.29 is 28.2 Å². The second-order valence-corrected chi connectivity index (χ2v) is 7.02. The molecule has 0 aliphatic carbocycles. The van der Waals surface area contributed by atoms with Crippen molar-refractivity contribution in [1.82, 2.24) is 5.32 Å². The molecule has 6 nitrogen and oxygen atoms in total. The number of halogens is 3. The Kier molecular flexibility index (Phi) is 7.57. The molecule has 1 aromatic heterocycles. The summed E-state index contributed by atoms with van der Waals surface area (Å²) in [6.07, 6.45) is -0.972. The maximum atomic E-state index is 12.9. The van der Waals surface area contributed by atoms with Crippen LogP contribution < -0.4 is 14.8 Å². The molecule has 0 spiro atoms. The fourth-order valence-electron chi connectivity index (χ4n) is 2.40. The molecule has 0 saturated heterocycles. The highest BCUT2D eigenvalue weighted by Crippen LogP contribution is 2.31. The van der Waals surface area contributed by atoms with Crippen LogP contribution in [0.15, 0.2) is 59.0 Å². The van der Waals surface area contributed by atoms with Crippen molar-refractivity contribution in [3.05, 3.63) is 82.0 Å². The Bertz CT molecular complexity index is 993.